The molecule has 4 rings (SSSR count). The Balaban J connectivity index is 1.50. The van der Waals surface area contributed by atoms with Crippen molar-refractivity contribution in [2.75, 3.05) is 10.6 Å². The van der Waals surface area contributed by atoms with Crippen LogP contribution in [0.15, 0.2) is 72.9 Å². The molecule has 0 saturated heterocycles. The molecule has 6 nitrogen and oxygen atoms in total. The minimum absolute atomic E-state index is 0.0612. The highest BCUT2D eigenvalue weighted by Crippen LogP contribution is 2.36. The van der Waals surface area contributed by atoms with Gasteiger partial charge in [-0.3, -0.25) is 0 Å². The predicted octanol–water partition coefficient (Wildman–Crippen LogP) is 6.64. The predicted molar refractivity (Wildman–Crippen MR) is 119 cm³/mol. The average molecular weight is 474 g/mol. The number of benzene rings is 3. The minimum atomic E-state index is -4.64. The number of nitrogens with zero attached hydrogens (tertiary/aromatic N) is 1. The normalized spacial score (nSPS) is 11.4. The molecule has 168 valence electrons. The summed E-state index contributed by atoms with van der Waals surface area (Å²) in [5.74, 6) is -1.02. The van der Waals surface area contributed by atoms with E-state index >= 15 is 0 Å². The second-order valence-electron chi connectivity index (χ2n) is 7.05. The van der Waals surface area contributed by atoms with Gasteiger partial charge in [0.25, 0.3) is 0 Å². The van der Waals surface area contributed by atoms with Crippen molar-refractivity contribution in [2.45, 2.75) is 6.18 Å². The van der Waals surface area contributed by atoms with E-state index in [2.05, 4.69) is 10.6 Å². The van der Waals surface area contributed by atoms with E-state index in [-0.39, 0.29) is 11.3 Å². The maximum absolute atomic E-state index is 13.0. The third-order valence-electron chi connectivity index (χ3n) is 4.90. The topological polar surface area (TPSA) is 83.4 Å². The Bertz CT molecular complexity index is 1370. The molecule has 3 aromatic carbocycles. The quantitative estimate of drug-likeness (QED) is 0.310. The van der Waals surface area contributed by atoms with Crippen LogP contribution in [-0.2, 0) is 6.18 Å². The second kappa shape index (κ2) is 8.51. The van der Waals surface area contributed by atoms with Gasteiger partial charge < -0.3 is 20.3 Å². The van der Waals surface area contributed by atoms with E-state index in [0.29, 0.717) is 16.6 Å². The van der Waals surface area contributed by atoms with Gasteiger partial charge in [-0.1, -0.05) is 17.7 Å². The molecule has 0 aliphatic carbocycles. The van der Waals surface area contributed by atoms with Crippen molar-refractivity contribution in [3.8, 4) is 5.69 Å². The number of hydrogen-bond donors (Lipinski definition) is 3. The van der Waals surface area contributed by atoms with Crippen molar-refractivity contribution < 1.29 is 27.9 Å². The first-order valence-electron chi connectivity index (χ1n) is 9.52. The third kappa shape index (κ3) is 4.63. The molecule has 33 heavy (non-hydrogen) atoms. The van der Waals surface area contributed by atoms with Gasteiger partial charge in [-0.05, 0) is 60.7 Å². The number of carbonyl (C=O) groups excluding carboxylic acids is 1. The number of fused-ring (bicyclic) bond motifs is 1. The summed E-state index contributed by atoms with van der Waals surface area (Å²) >= 11 is 5.59. The van der Waals surface area contributed by atoms with Crippen molar-refractivity contribution >= 4 is 45.9 Å². The molecule has 0 unspecified atom stereocenters. The lowest BCUT2D eigenvalue weighted by Gasteiger charge is -2.13. The van der Waals surface area contributed by atoms with Gasteiger partial charge in [-0.2, -0.15) is 13.2 Å². The van der Waals surface area contributed by atoms with E-state index in [9.17, 15) is 27.9 Å². The van der Waals surface area contributed by atoms with Gasteiger partial charge in [0.1, 0.15) is 0 Å². The van der Waals surface area contributed by atoms with Gasteiger partial charge >= 0.3 is 18.2 Å². The molecule has 0 saturated carbocycles. The summed E-state index contributed by atoms with van der Waals surface area (Å²) in [6, 6.07) is 15.7. The smallest absolute Gasteiger partial charge is 0.417 e. The van der Waals surface area contributed by atoms with Gasteiger partial charge in [-0.15, -0.1) is 0 Å². The number of halogens is 4. The number of carboxylic acid groups (broad SMARTS) is 1. The summed E-state index contributed by atoms with van der Waals surface area (Å²) in [5, 5.41) is 14.4. The van der Waals surface area contributed by atoms with Crippen molar-refractivity contribution in [1.29, 1.82) is 0 Å². The van der Waals surface area contributed by atoms with Gasteiger partial charge in [0, 0.05) is 28.6 Å². The molecule has 2 amide bonds. The number of rotatable bonds is 4. The Morgan fingerprint density at radius 3 is 2.24 bits per heavy atom. The first kappa shape index (κ1) is 22.2. The zero-order valence-corrected chi connectivity index (χ0v) is 17.4. The van der Waals surface area contributed by atoms with Gasteiger partial charge in [0.2, 0.25) is 0 Å². The molecule has 0 atom stereocenters. The number of carboxylic acids is 1. The molecule has 1 aromatic heterocycles. The SMILES string of the molecule is O=C(Nc1ccc(-n2ccc3c(C(=O)O)cccc32)cc1)Nc1ccc(Cl)c(C(F)(F)F)c1. The number of anilines is 2. The zero-order chi connectivity index (χ0) is 23.8. The molecule has 0 bridgehead atoms. The largest absolute Gasteiger partial charge is 0.478 e. The molecule has 0 aliphatic rings. The highest BCUT2D eigenvalue weighted by Gasteiger charge is 2.33. The Labute approximate surface area is 190 Å². The summed E-state index contributed by atoms with van der Waals surface area (Å²) < 4.78 is 40.8. The van der Waals surface area contributed by atoms with Crippen LogP contribution in [0, 0.1) is 0 Å². The Morgan fingerprint density at radius 2 is 1.58 bits per heavy atom. The molecule has 0 fully saturated rings. The number of aromatic nitrogens is 1. The number of nitrogens with one attached hydrogen (secondary N) is 2. The molecule has 0 radical (unpaired) electrons. The number of hydrogen-bond acceptors (Lipinski definition) is 2. The summed E-state index contributed by atoms with van der Waals surface area (Å²) in [4.78, 5) is 23.6. The van der Waals surface area contributed by atoms with E-state index in [1.807, 2.05) is 0 Å². The standard InChI is InChI=1S/C23H15ClF3N3O3/c24-19-9-6-14(12-18(19)23(25,26)27)29-22(33)28-13-4-7-15(8-5-13)30-11-10-16-17(21(31)32)2-1-3-20(16)30/h1-12H,(H,31,32)(H2,28,29,33). The van der Waals surface area contributed by atoms with Crippen molar-refractivity contribution in [3.05, 3.63) is 89.1 Å². The van der Waals surface area contributed by atoms with E-state index in [1.54, 1.807) is 53.2 Å². The summed E-state index contributed by atoms with van der Waals surface area (Å²) in [5.41, 5.74) is 0.925. The number of aromatic carboxylic acids is 1. The maximum atomic E-state index is 13.0. The van der Waals surface area contributed by atoms with E-state index in [0.717, 1.165) is 17.8 Å². The molecular weight excluding hydrogens is 459 g/mol. The fraction of sp³-hybridized carbons (Fsp3) is 0.0435. The fourth-order valence-electron chi connectivity index (χ4n) is 3.40. The van der Waals surface area contributed by atoms with Crippen LogP contribution in [0.25, 0.3) is 16.6 Å². The lowest BCUT2D eigenvalue weighted by atomic mass is 10.1. The summed E-state index contributed by atoms with van der Waals surface area (Å²) in [7, 11) is 0. The van der Waals surface area contributed by atoms with Crippen LogP contribution in [0.2, 0.25) is 5.02 Å². The summed E-state index contributed by atoms with van der Waals surface area (Å²) in [6.45, 7) is 0. The Kier molecular flexibility index (Phi) is 5.73. The fourth-order valence-corrected chi connectivity index (χ4v) is 3.62. The molecular formula is C23H15ClF3N3O3. The average Bonchev–Trinajstić information content (AvgIpc) is 3.19. The van der Waals surface area contributed by atoms with Crippen molar-refractivity contribution in [3.63, 3.8) is 0 Å². The van der Waals surface area contributed by atoms with E-state index < -0.39 is 28.8 Å². The summed E-state index contributed by atoms with van der Waals surface area (Å²) in [6.07, 6.45) is -2.90. The second-order valence-corrected chi connectivity index (χ2v) is 7.45. The zero-order valence-electron chi connectivity index (χ0n) is 16.7. The minimum Gasteiger partial charge on any atom is -0.478 e. The van der Waals surface area contributed by atoms with Crippen LogP contribution in [-0.4, -0.2) is 21.7 Å². The number of carbonyl (C=O) groups is 2. The third-order valence-corrected chi connectivity index (χ3v) is 5.23. The van der Waals surface area contributed by atoms with Gasteiger partial charge in [0.15, 0.2) is 0 Å². The molecule has 0 spiro atoms. The van der Waals surface area contributed by atoms with Crippen molar-refractivity contribution in [1.82, 2.24) is 4.57 Å². The number of alkyl halides is 3. The maximum Gasteiger partial charge on any atom is 0.417 e. The van der Waals surface area contributed by atoms with Crippen LogP contribution < -0.4 is 10.6 Å². The van der Waals surface area contributed by atoms with Crippen molar-refractivity contribution in [2.24, 2.45) is 0 Å². The van der Waals surface area contributed by atoms with Gasteiger partial charge in [0.05, 0.1) is 21.7 Å². The lowest BCUT2D eigenvalue weighted by molar-refractivity contribution is -0.137. The van der Waals surface area contributed by atoms with Crippen LogP contribution >= 0.6 is 11.6 Å². The first-order valence-corrected chi connectivity index (χ1v) is 9.90. The molecule has 10 heteroatoms. The highest BCUT2D eigenvalue weighted by atomic mass is 35.5. The molecule has 1 heterocycles. The Hall–Kier alpha value is -3.98. The first-order chi connectivity index (χ1) is 15.6. The van der Waals surface area contributed by atoms with Crippen LogP contribution in [0.4, 0.5) is 29.3 Å². The van der Waals surface area contributed by atoms with Crippen LogP contribution in [0.1, 0.15) is 15.9 Å². The van der Waals surface area contributed by atoms with E-state index in [1.165, 1.54) is 12.1 Å². The Morgan fingerprint density at radius 1 is 0.909 bits per heavy atom. The number of urea groups is 1. The number of amides is 2. The molecule has 3 N–H and O–H groups in total. The van der Waals surface area contributed by atoms with Crippen LogP contribution in [0.3, 0.4) is 0 Å². The van der Waals surface area contributed by atoms with Gasteiger partial charge in [-0.25, -0.2) is 9.59 Å². The molecule has 4 aromatic rings. The lowest BCUT2D eigenvalue weighted by Crippen LogP contribution is -2.20. The van der Waals surface area contributed by atoms with E-state index in [4.69, 9.17) is 11.6 Å². The monoisotopic (exact) mass is 473 g/mol. The van der Waals surface area contributed by atoms with Crippen LogP contribution in [0.5, 0.6) is 0 Å². The highest BCUT2D eigenvalue weighted by molar-refractivity contribution is 6.31. The molecule has 0 aliphatic heterocycles.